The summed E-state index contributed by atoms with van der Waals surface area (Å²) in [5.74, 6) is -1.30. The van der Waals surface area contributed by atoms with Crippen LogP contribution < -0.4 is 4.98 Å². The van der Waals surface area contributed by atoms with Crippen molar-refractivity contribution in [2.45, 2.75) is 0 Å². The zero-order chi connectivity index (χ0) is 15.9. The Morgan fingerprint density at radius 1 is 1.09 bits per heavy atom. The molecule has 0 amide bonds. The molecular weight excluding hydrogens is 365 g/mol. The minimum absolute atomic E-state index is 0.102. The van der Waals surface area contributed by atoms with E-state index in [2.05, 4.69) is 9.98 Å². The van der Waals surface area contributed by atoms with Gasteiger partial charge in [0.2, 0.25) is 0 Å². The third-order valence-electron chi connectivity index (χ3n) is 2.81. The fraction of sp³-hybridized carbons (Fsp3) is 0. The number of rotatable bonds is 2. The molecule has 0 aliphatic heterocycles. The molecule has 2 aromatic carbocycles. The van der Waals surface area contributed by atoms with Crippen molar-refractivity contribution in [3.8, 4) is 0 Å². The van der Waals surface area contributed by atoms with Crippen LogP contribution in [0.4, 0.5) is 14.5 Å². The maximum atomic E-state index is 13.4. The Morgan fingerprint density at radius 2 is 1.86 bits per heavy atom. The third-order valence-corrected chi connectivity index (χ3v) is 2.81. The van der Waals surface area contributed by atoms with E-state index in [0.717, 1.165) is 22.5 Å². The molecule has 0 aliphatic carbocycles. The molecule has 7 heteroatoms. The zero-order valence-electron chi connectivity index (χ0n) is 11.1. The number of nitrogens with zero attached hydrogens (tertiary/aromatic N) is 2. The molecule has 22 heavy (non-hydrogen) atoms. The molecule has 0 atom stereocenters. The Kier molecular flexibility index (Phi) is 6.58. The average Bonchev–Trinajstić information content (AvgIpc) is 2.96. The van der Waals surface area contributed by atoms with E-state index >= 15 is 0 Å². The topological polar surface area (TPSA) is 26.5 Å². The predicted molar refractivity (Wildman–Crippen MR) is 82.6 cm³/mol. The number of aliphatic imine (C=N–C) groups is 1. The second-order valence-corrected chi connectivity index (χ2v) is 6.73. The van der Waals surface area contributed by atoms with Gasteiger partial charge < -0.3 is 4.98 Å². The van der Waals surface area contributed by atoms with Crippen LogP contribution in [0.1, 0.15) is 5.56 Å². The maximum absolute atomic E-state index is 13.4. The summed E-state index contributed by atoms with van der Waals surface area (Å²) in [6.07, 6.45) is 3.24. The van der Waals surface area contributed by atoms with Crippen LogP contribution in [0.3, 0.4) is 0 Å². The number of benzene rings is 2. The fourth-order valence-electron chi connectivity index (χ4n) is 1.88. The molecule has 1 aromatic heterocycles. The van der Waals surface area contributed by atoms with Crippen molar-refractivity contribution in [2.75, 3.05) is 0 Å². The Hall–Kier alpha value is -1.20. The molecule has 3 rings (SSSR count). The van der Waals surface area contributed by atoms with E-state index in [-0.39, 0.29) is 5.69 Å². The molecule has 0 saturated heterocycles. The van der Waals surface area contributed by atoms with Crippen LogP contribution in [0.15, 0.2) is 53.7 Å². The summed E-state index contributed by atoms with van der Waals surface area (Å²) in [6.45, 7) is 0. The van der Waals surface area contributed by atoms with Crippen LogP contribution >= 0.6 is 18.6 Å². The zero-order valence-corrected chi connectivity index (χ0v) is 14.2. The van der Waals surface area contributed by atoms with Crippen LogP contribution in [0.2, 0.25) is 0 Å². The first kappa shape index (κ1) is 17.2. The van der Waals surface area contributed by atoms with Crippen molar-refractivity contribution < 1.29 is 25.8 Å². The quantitative estimate of drug-likeness (QED) is 0.447. The van der Waals surface area contributed by atoms with Gasteiger partial charge in [-0.05, 0) is 23.1 Å². The van der Waals surface area contributed by atoms with E-state index in [0.29, 0.717) is 0 Å². The van der Waals surface area contributed by atoms with Gasteiger partial charge in [0.1, 0.15) is 5.82 Å². The second kappa shape index (κ2) is 8.44. The van der Waals surface area contributed by atoms with Gasteiger partial charge in [0, 0.05) is 12.3 Å². The van der Waals surface area contributed by atoms with Gasteiger partial charge >= 0.3 is 35.6 Å². The normalized spacial score (nSPS) is 10.5. The molecule has 0 aliphatic rings. The summed E-state index contributed by atoms with van der Waals surface area (Å²) >= 11 is -0.556. The first-order valence-electron chi connectivity index (χ1n) is 6.11. The third kappa shape index (κ3) is 4.40. The van der Waals surface area contributed by atoms with Crippen molar-refractivity contribution in [3.05, 3.63) is 65.9 Å². The van der Waals surface area contributed by atoms with Gasteiger partial charge in [-0.3, -0.25) is 4.99 Å². The SMILES string of the molecule is Fc1ccc(N=Cc2cccc3cc[n-]c23)c(F)c1.[Cl][Ti][Cl]. The van der Waals surface area contributed by atoms with E-state index < -0.39 is 28.7 Å². The first-order chi connectivity index (χ1) is 10.7. The van der Waals surface area contributed by atoms with Crippen LogP contribution in [-0.2, 0) is 17.0 Å². The molecule has 3 aromatic rings. The van der Waals surface area contributed by atoms with Gasteiger partial charge in [0.25, 0.3) is 0 Å². The summed E-state index contributed by atoms with van der Waals surface area (Å²) in [6, 6.07) is 10.9. The summed E-state index contributed by atoms with van der Waals surface area (Å²) in [5, 5.41) is 1.00. The number of hydrogen-bond acceptors (Lipinski definition) is 1. The van der Waals surface area contributed by atoms with Crippen LogP contribution in [0.25, 0.3) is 10.9 Å². The molecular formula is C15H9Cl2F2N2Ti-. The molecule has 0 N–H and O–H groups in total. The van der Waals surface area contributed by atoms with E-state index in [1.165, 1.54) is 18.3 Å². The van der Waals surface area contributed by atoms with E-state index in [1.807, 2.05) is 24.3 Å². The molecule has 2 nitrogen and oxygen atoms in total. The van der Waals surface area contributed by atoms with Crippen LogP contribution in [0, 0.1) is 11.6 Å². The Labute approximate surface area is 142 Å². The average molecular weight is 374 g/mol. The molecule has 0 unspecified atom stereocenters. The summed E-state index contributed by atoms with van der Waals surface area (Å²) in [4.78, 5) is 8.26. The minimum atomic E-state index is -0.682. The van der Waals surface area contributed by atoms with E-state index in [9.17, 15) is 8.78 Å². The van der Waals surface area contributed by atoms with E-state index in [4.69, 9.17) is 18.6 Å². The predicted octanol–water partition coefficient (Wildman–Crippen LogP) is 5.20. The van der Waals surface area contributed by atoms with Crippen molar-refractivity contribution in [2.24, 2.45) is 4.99 Å². The van der Waals surface area contributed by atoms with Gasteiger partial charge in [-0.15, -0.1) is 5.52 Å². The van der Waals surface area contributed by atoms with Gasteiger partial charge in [-0.2, -0.15) is 6.20 Å². The molecule has 0 radical (unpaired) electrons. The summed E-state index contributed by atoms with van der Waals surface area (Å²) < 4.78 is 26.2. The Bertz CT molecular complexity index is 790. The van der Waals surface area contributed by atoms with Crippen LogP contribution in [0.5, 0.6) is 0 Å². The summed E-state index contributed by atoms with van der Waals surface area (Å²) in [5.41, 5.74) is 1.71. The van der Waals surface area contributed by atoms with Gasteiger partial charge in [0.15, 0.2) is 5.82 Å². The van der Waals surface area contributed by atoms with Crippen molar-refractivity contribution >= 4 is 41.4 Å². The van der Waals surface area contributed by atoms with E-state index in [1.54, 1.807) is 6.20 Å². The van der Waals surface area contributed by atoms with Crippen molar-refractivity contribution in [1.82, 2.24) is 4.98 Å². The number of fused-ring (bicyclic) bond motifs is 1. The molecule has 112 valence electrons. The number of hydrogen-bond donors (Lipinski definition) is 0. The van der Waals surface area contributed by atoms with Crippen molar-refractivity contribution in [3.63, 3.8) is 0 Å². The fourth-order valence-corrected chi connectivity index (χ4v) is 1.88. The first-order valence-corrected chi connectivity index (χ1v) is 10.4. The Morgan fingerprint density at radius 3 is 2.59 bits per heavy atom. The standard InChI is InChI=1S/C15H9F2N2.2ClH.Ti/c16-12-4-5-14(13(17)8-12)19-9-11-3-1-2-10-6-7-18-15(10)11;;;/h1-9H;2*1H;/q-1;;;+2/p-2. The molecule has 0 saturated carbocycles. The van der Waals surface area contributed by atoms with Gasteiger partial charge in [-0.25, -0.2) is 8.78 Å². The monoisotopic (exact) mass is 373 g/mol. The number of halogens is 4. The molecule has 1 heterocycles. The number of aromatic nitrogens is 1. The number of para-hydroxylation sites is 1. The van der Waals surface area contributed by atoms with Crippen molar-refractivity contribution in [1.29, 1.82) is 0 Å². The second-order valence-electron chi connectivity index (χ2n) is 4.16. The molecule has 0 fully saturated rings. The summed E-state index contributed by atoms with van der Waals surface area (Å²) in [7, 11) is 9.78. The molecule has 0 spiro atoms. The van der Waals surface area contributed by atoms with Crippen LogP contribution in [-0.4, -0.2) is 6.21 Å². The molecule has 0 bridgehead atoms. The van der Waals surface area contributed by atoms with Gasteiger partial charge in [-0.1, -0.05) is 24.3 Å². The van der Waals surface area contributed by atoms with Gasteiger partial charge in [0.05, 0.1) is 5.69 Å². The Balaban J connectivity index is 0.000000545.